The van der Waals surface area contributed by atoms with Crippen molar-refractivity contribution in [2.45, 2.75) is 57.9 Å². The lowest BCUT2D eigenvalue weighted by Crippen LogP contribution is -2.59. The molecule has 0 aromatic rings. The van der Waals surface area contributed by atoms with Crippen LogP contribution in [-0.2, 0) is 14.3 Å². The molecule has 0 aromatic carbocycles. The van der Waals surface area contributed by atoms with Gasteiger partial charge in [0.2, 0.25) is 0 Å². The minimum absolute atomic E-state index is 0.0618. The summed E-state index contributed by atoms with van der Waals surface area (Å²) in [5.41, 5.74) is 0.491. The number of hydrogen-bond donors (Lipinski definition) is 4. The summed E-state index contributed by atoms with van der Waals surface area (Å²) in [6.45, 7) is 5.46. The van der Waals surface area contributed by atoms with E-state index in [4.69, 9.17) is 14.6 Å². The van der Waals surface area contributed by atoms with Crippen LogP contribution >= 0.6 is 0 Å². The van der Waals surface area contributed by atoms with E-state index in [0.29, 0.717) is 6.42 Å². The average molecular weight is 330 g/mol. The predicted octanol–water partition coefficient (Wildman–Crippen LogP) is -0.636. The van der Waals surface area contributed by atoms with Crippen molar-refractivity contribution in [2.75, 3.05) is 13.2 Å². The van der Waals surface area contributed by atoms with E-state index in [1.165, 1.54) is 0 Å². The Morgan fingerprint density at radius 1 is 1.26 bits per heavy atom. The Kier molecular flexibility index (Phi) is 5.60. The van der Waals surface area contributed by atoms with Crippen molar-refractivity contribution in [2.24, 2.45) is 11.3 Å². The molecule has 2 aliphatic rings. The first-order valence-corrected chi connectivity index (χ1v) is 7.82. The number of ether oxygens (including phenoxy) is 2. The van der Waals surface area contributed by atoms with Crippen LogP contribution in [0.25, 0.3) is 0 Å². The summed E-state index contributed by atoms with van der Waals surface area (Å²) in [5, 5.41) is 38.6. The van der Waals surface area contributed by atoms with E-state index < -0.39 is 37.3 Å². The number of allylic oxidation sites excluding steroid dienone is 2. The number of hydrogen-bond acceptors (Lipinski definition) is 7. The molecule has 4 N–H and O–H groups in total. The minimum Gasteiger partial charge on any atom is -0.394 e. The molecule has 6 atom stereocenters. The van der Waals surface area contributed by atoms with E-state index in [9.17, 15) is 20.1 Å². The van der Waals surface area contributed by atoms with Crippen molar-refractivity contribution >= 4 is 5.78 Å². The molecule has 1 saturated heterocycles. The second kappa shape index (κ2) is 6.96. The molecule has 1 heterocycles. The van der Waals surface area contributed by atoms with Crippen molar-refractivity contribution in [3.8, 4) is 0 Å². The van der Waals surface area contributed by atoms with E-state index in [0.717, 1.165) is 5.57 Å². The van der Waals surface area contributed by atoms with Crippen molar-refractivity contribution in [1.82, 2.24) is 0 Å². The SMILES string of the molecule is CC1=CC(C)(C)[C@@H](CO[C@@H]2O[C@H](CO)[C@@H](O)[C@H](O)[C@H]2O)CC1=O. The second-order valence-electron chi connectivity index (χ2n) is 7.00. The van der Waals surface area contributed by atoms with Crippen LogP contribution < -0.4 is 0 Å². The Bertz CT molecular complexity index is 471. The third-order valence-electron chi connectivity index (χ3n) is 4.82. The molecule has 1 aliphatic heterocycles. The zero-order valence-electron chi connectivity index (χ0n) is 13.7. The number of aliphatic hydroxyl groups is 4. The molecule has 0 unspecified atom stereocenters. The number of ketones is 1. The molecule has 0 amide bonds. The Hall–Kier alpha value is -0.830. The van der Waals surface area contributed by atoms with Gasteiger partial charge < -0.3 is 29.9 Å². The van der Waals surface area contributed by atoms with Gasteiger partial charge in [0.1, 0.15) is 24.4 Å². The van der Waals surface area contributed by atoms with Crippen LogP contribution in [0.1, 0.15) is 27.2 Å². The summed E-state index contributed by atoms with van der Waals surface area (Å²) in [6.07, 6.45) is -4.20. The fourth-order valence-electron chi connectivity index (χ4n) is 3.09. The van der Waals surface area contributed by atoms with Crippen LogP contribution in [0.3, 0.4) is 0 Å². The summed E-state index contributed by atoms with van der Waals surface area (Å²) in [6, 6.07) is 0. The number of carbonyl (C=O) groups is 1. The van der Waals surface area contributed by atoms with E-state index >= 15 is 0 Å². The highest BCUT2D eigenvalue weighted by atomic mass is 16.7. The van der Waals surface area contributed by atoms with Crippen LogP contribution in [0.4, 0.5) is 0 Å². The quantitative estimate of drug-likeness (QED) is 0.542. The van der Waals surface area contributed by atoms with Gasteiger partial charge in [0.15, 0.2) is 12.1 Å². The lowest BCUT2D eigenvalue weighted by Gasteiger charge is -2.41. The average Bonchev–Trinajstić information content (AvgIpc) is 2.48. The van der Waals surface area contributed by atoms with Gasteiger partial charge in [-0.25, -0.2) is 0 Å². The highest BCUT2D eigenvalue weighted by Crippen LogP contribution is 2.38. The molecule has 2 rings (SSSR count). The topological polar surface area (TPSA) is 116 Å². The van der Waals surface area contributed by atoms with Crippen LogP contribution in [-0.4, -0.2) is 70.1 Å². The van der Waals surface area contributed by atoms with E-state index in [1.807, 2.05) is 19.9 Å². The van der Waals surface area contributed by atoms with Gasteiger partial charge in [-0.3, -0.25) is 4.79 Å². The van der Waals surface area contributed by atoms with E-state index in [-0.39, 0.29) is 23.7 Å². The van der Waals surface area contributed by atoms with Gasteiger partial charge in [-0.05, 0) is 23.8 Å². The molecule has 7 heteroatoms. The van der Waals surface area contributed by atoms with Gasteiger partial charge in [-0.1, -0.05) is 19.9 Å². The fraction of sp³-hybridized carbons (Fsp3) is 0.812. The van der Waals surface area contributed by atoms with Crippen LogP contribution in [0.5, 0.6) is 0 Å². The Balaban J connectivity index is 2.01. The first kappa shape index (κ1) is 18.5. The zero-order valence-corrected chi connectivity index (χ0v) is 13.7. The number of Topliss-reactive ketones (excluding diaryl/α,β-unsaturated/α-hetero) is 1. The van der Waals surface area contributed by atoms with Gasteiger partial charge in [-0.15, -0.1) is 0 Å². The molecule has 23 heavy (non-hydrogen) atoms. The summed E-state index contributed by atoms with van der Waals surface area (Å²) >= 11 is 0. The molecule has 7 nitrogen and oxygen atoms in total. The van der Waals surface area contributed by atoms with Crippen molar-refractivity contribution < 1.29 is 34.7 Å². The molecule has 0 aromatic heterocycles. The van der Waals surface area contributed by atoms with Gasteiger partial charge in [0.05, 0.1) is 13.2 Å². The number of aliphatic hydroxyl groups excluding tert-OH is 4. The minimum atomic E-state index is -1.46. The highest BCUT2D eigenvalue weighted by Gasteiger charge is 2.45. The van der Waals surface area contributed by atoms with Gasteiger partial charge in [0, 0.05) is 6.42 Å². The molecule has 0 bridgehead atoms. The van der Waals surface area contributed by atoms with Crippen molar-refractivity contribution in [3.63, 3.8) is 0 Å². The van der Waals surface area contributed by atoms with Gasteiger partial charge in [0.25, 0.3) is 0 Å². The van der Waals surface area contributed by atoms with Crippen LogP contribution in [0.15, 0.2) is 11.6 Å². The number of rotatable bonds is 4. The monoisotopic (exact) mass is 330 g/mol. The van der Waals surface area contributed by atoms with Crippen LogP contribution in [0.2, 0.25) is 0 Å². The van der Waals surface area contributed by atoms with Crippen molar-refractivity contribution in [1.29, 1.82) is 0 Å². The van der Waals surface area contributed by atoms with E-state index in [2.05, 4.69) is 0 Å². The molecular formula is C16H26O7. The Morgan fingerprint density at radius 2 is 1.91 bits per heavy atom. The van der Waals surface area contributed by atoms with Crippen molar-refractivity contribution in [3.05, 3.63) is 11.6 Å². The summed E-state index contributed by atoms with van der Waals surface area (Å²) in [7, 11) is 0. The standard InChI is InChI=1S/C16H26O7/c1-8-5-16(2,3)9(4-10(8)18)7-22-15-14(21)13(20)12(19)11(6-17)23-15/h5,9,11-15,17,19-21H,4,6-7H2,1-3H3/t9-,11-,12-,13+,14-,15-/m1/s1. The highest BCUT2D eigenvalue weighted by molar-refractivity contribution is 5.96. The molecule has 0 spiro atoms. The molecule has 1 fully saturated rings. The second-order valence-corrected chi connectivity index (χ2v) is 7.00. The number of carbonyl (C=O) groups excluding carboxylic acids is 1. The molecule has 0 radical (unpaired) electrons. The lowest BCUT2D eigenvalue weighted by molar-refractivity contribution is -0.304. The Morgan fingerprint density at radius 3 is 2.52 bits per heavy atom. The van der Waals surface area contributed by atoms with E-state index in [1.54, 1.807) is 6.92 Å². The smallest absolute Gasteiger partial charge is 0.186 e. The fourth-order valence-corrected chi connectivity index (χ4v) is 3.09. The summed E-state index contributed by atoms with van der Waals surface area (Å²) in [5.74, 6) is -0.0298. The first-order chi connectivity index (χ1) is 10.7. The molecule has 1 aliphatic carbocycles. The third kappa shape index (κ3) is 3.81. The van der Waals surface area contributed by atoms with Gasteiger partial charge >= 0.3 is 0 Å². The first-order valence-electron chi connectivity index (χ1n) is 7.82. The normalized spacial score (nSPS) is 40.8. The van der Waals surface area contributed by atoms with Crippen LogP contribution in [0, 0.1) is 11.3 Å². The molecule has 0 saturated carbocycles. The lowest BCUT2D eigenvalue weighted by atomic mass is 9.71. The maximum atomic E-state index is 11.9. The third-order valence-corrected chi connectivity index (χ3v) is 4.82. The maximum absolute atomic E-state index is 11.9. The molecule has 132 valence electrons. The largest absolute Gasteiger partial charge is 0.394 e. The zero-order chi connectivity index (χ0) is 17.4. The predicted molar refractivity (Wildman–Crippen MR) is 80.4 cm³/mol. The Labute approximate surface area is 135 Å². The summed E-state index contributed by atoms with van der Waals surface area (Å²) < 4.78 is 10.9. The maximum Gasteiger partial charge on any atom is 0.186 e. The summed E-state index contributed by atoms with van der Waals surface area (Å²) in [4.78, 5) is 11.9. The molecular weight excluding hydrogens is 304 g/mol. The van der Waals surface area contributed by atoms with Gasteiger partial charge in [-0.2, -0.15) is 0 Å².